The maximum absolute atomic E-state index is 10.7. The summed E-state index contributed by atoms with van der Waals surface area (Å²) in [6.07, 6.45) is 4.92. The Kier molecular flexibility index (Phi) is 7.44. The number of carboxylic acids is 1. The highest BCUT2D eigenvalue weighted by molar-refractivity contribution is 5.66. The van der Waals surface area contributed by atoms with Crippen LogP contribution in [0.15, 0.2) is 0 Å². The molecule has 0 heterocycles. The van der Waals surface area contributed by atoms with E-state index in [-0.39, 0.29) is 12.0 Å². The zero-order valence-corrected chi connectivity index (χ0v) is 12.1. The van der Waals surface area contributed by atoms with Crippen LogP contribution in [-0.2, 0) is 4.79 Å². The van der Waals surface area contributed by atoms with E-state index in [0.29, 0.717) is 12.6 Å². The van der Waals surface area contributed by atoms with Crippen molar-refractivity contribution >= 4 is 5.97 Å². The molecule has 0 aromatic carbocycles. The molecule has 0 fully saturated rings. The van der Waals surface area contributed by atoms with Crippen LogP contribution in [0.25, 0.3) is 0 Å². The van der Waals surface area contributed by atoms with Crippen LogP contribution in [0.2, 0.25) is 0 Å². The number of carboxylic acid groups (broad SMARTS) is 1. The van der Waals surface area contributed by atoms with Gasteiger partial charge in [-0.3, -0.25) is 9.69 Å². The minimum atomic E-state index is -0.704. The minimum absolute atomic E-state index is 0.0455. The molecule has 1 atom stereocenters. The highest BCUT2D eigenvalue weighted by Crippen LogP contribution is 2.22. The van der Waals surface area contributed by atoms with Gasteiger partial charge < -0.3 is 5.11 Å². The van der Waals surface area contributed by atoms with Gasteiger partial charge in [0.15, 0.2) is 0 Å². The van der Waals surface area contributed by atoms with E-state index in [0.717, 1.165) is 6.42 Å². The third-order valence-electron chi connectivity index (χ3n) is 3.23. The summed E-state index contributed by atoms with van der Waals surface area (Å²) in [6, 6.07) is 0.509. The van der Waals surface area contributed by atoms with Crippen LogP contribution < -0.4 is 0 Å². The lowest BCUT2D eigenvalue weighted by molar-refractivity contribution is -0.137. The van der Waals surface area contributed by atoms with Gasteiger partial charge in [0.1, 0.15) is 0 Å². The van der Waals surface area contributed by atoms with Crippen LogP contribution in [0.5, 0.6) is 0 Å². The summed E-state index contributed by atoms with van der Waals surface area (Å²) in [5.74, 6) is -0.704. The molecule has 0 aromatic heterocycles. The van der Waals surface area contributed by atoms with E-state index in [2.05, 4.69) is 39.5 Å². The lowest BCUT2D eigenvalue weighted by Gasteiger charge is -2.41. The largest absolute Gasteiger partial charge is 0.481 e. The van der Waals surface area contributed by atoms with Crippen LogP contribution in [0, 0.1) is 0 Å². The Balaban J connectivity index is 4.57. The molecule has 0 aliphatic heterocycles. The lowest BCUT2D eigenvalue weighted by Crippen LogP contribution is -2.48. The molecular weight excluding hydrogens is 214 g/mol. The lowest BCUT2D eigenvalue weighted by atomic mass is 9.97. The van der Waals surface area contributed by atoms with E-state index in [1.807, 2.05) is 0 Å². The number of aliphatic carboxylic acids is 1. The highest BCUT2D eigenvalue weighted by Gasteiger charge is 2.27. The molecule has 0 radical (unpaired) electrons. The summed E-state index contributed by atoms with van der Waals surface area (Å²) >= 11 is 0. The maximum atomic E-state index is 10.7. The monoisotopic (exact) mass is 243 g/mol. The van der Waals surface area contributed by atoms with Gasteiger partial charge in [0.2, 0.25) is 0 Å². The smallest absolute Gasteiger partial charge is 0.304 e. The number of rotatable bonds is 8. The van der Waals surface area contributed by atoms with Crippen molar-refractivity contribution in [2.75, 3.05) is 6.54 Å². The van der Waals surface area contributed by atoms with Gasteiger partial charge in [0, 0.05) is 18.1 Å². The predicted molar refractivity (Wildman–Crippen MR) is 72.3 cm³/mol. The second-order valence-corrected chi connectivity index (χ2v) is 5.71. The van der Waals surface area contributed by atoms with Crippen molar-refractivity contribution in [3.63, 3.8) is 0 Å². The zero-order chi connectivity index (χ0) is 13.5. The standard InChI is InChI=1S/C14H29NO2/c1-6-8-9-12(7-2)15(14(3,4)5)11-10-13(16)17/h12H,6-11H2,1-5H3,(H,16,17). The summed E-state index contributed by atoms with van der Waals surface area (Å²) in [5.41, 5.74) is 0.0455. The van der Waals surface area contributed by atoms with E-state index in [9.17, 15) is 4.79 Å². The van der Waals surface area contributed by atoms with Gasteiger partial charge >= 0.3 is 5.97 Å². The molecule has 0 bridgehead atoms. The first kappa shape index (κ1) is 16.4. The SMILES string of the molecule is CCCCC(CC)N(CCC(=O)O)C(C)(C)C. The van der Waals surface area contributed by atoms with Crippen molar-refractivity contribution in [2.45, 2.75) is 78.3 Å². The van der Waals surface area contributed by atoms with Gasteiger partial charge in [-0.15, -0.1) is 0 Å². The molecule has 0 saturated carbocycles. The average molecular weight is 243 g/mol. The summed E-state index contributed by atoms with van der Waals surface area (Å²) < 4.78 is 0. The van der Waals surface area contributed by atoms with Crippen molar-refractivity contribution in [1.29, 1.82) is 0 Å². The molecule has 0 rings (SSSR count). The van der Waals surface area contributed by atoms with Crippen LogP contribution >= 0.6 is 0 Å². The molecule has 1 N–H and O–H groups in total. The van der Waals surface area contributed by atoms with Crippen LogP contribution in [0.1, 0.15) is 66.7 Å². The molecule has 0 aliphatic rings. The molecule has 3 heteroatoms. The first-order valence-corrected chi connectivity index (χ1v) is 6.81. The maximum Gasteiger partial charge on any atom is 0.304 e. The summed E-state index contributed by atoms with van der Waals surface area (Å²) in [4.78, 5) is 13.1. The topological polar surface area (TPSA) is 40.5 Å². The van der Waals surface area contributed by atoms with E-state index >= 15 is 0 Å². The van der Waals surface area contributed by atoms with E-state index < -0.39 is 5.97 Å². The Morgan fingerprint density at radius 2 is 1.88 bits per heavy atom. The Labute approximate surface area is 106 Å². The summed E-state index contributed by atoms with van der Waals surface area (Å²) in [6.45, 7) is 11.6. The minimum Gasteiger partial charge on any atom is -0.481 e. The van der Waals surface area contributed by atoms with E-state index in [1.165, 1.54) is 19.3 Å². The molecule has 0 saturated heterocycles. The van der Waals surface area contributed by atoms with Gasteiger partial charge in [0.05, 0.1) is 6.42 Å². The number of carbonyl (C=O) groups is 1. The fourth-order valence-electron chi connectivity index (χ4n) is 2.30. The van der Waals surface area contributed by atoms with Gasteiger partial charge in [-0.2, -0.15) is 0 Å². The molecule has 1 unspecified atom stereocenters. The van der Waals surface area contributed by atoms with Crippen molar-refractivity contribution in [2.24, 2.45) is 0 Å². The van der Waals surface area contributed by atoms with Crippen LogP contribution in [0.3, 0.4) is 0 Å². The zero-order valence-electron chi connectivity index (χ0n) is 12.1. The quantitative estimate of drug-likeness (QED) is 0.709. The Morgan fingerprint density at radius 1 is 1.29 bits per heavy atom. The Morgan fingerprint density at radius 3 is 2.24 bits per heavy atom. The molecule has 0 spiro atoms. The fourth-order valence-corrected chi connectivity index (χ4v) is 2.30. The number of hydrogen-bond donors (Lipinski definition) is 1. The Bertz CT molecular complexity index is 221. The summed E-state index contributed by atoms with van der Waals surface area (Å²) in [7, 11) is 0. The Hall–Kier alpha value is -0.570. The molecule has 17 heavy (non-hydrogen) atoms. The van der Waals surface area contributed by atoms with Crippen molar-refractivity contribution in [3.8, 4) is 0 Å². The average Bonchev–Trinajstić information content (AvgIpc) is 2.20. The van der Waals surface area contributed by atoms with Crippen LogP contribution in [0.4, 0.5) is 0 Å². The number of hydrogen-bond acceptors (Lipinski definition) is 2. The fraction of sp³-hybridized carbons (Fsp3) is 0.929. The molecule has 3 nitrogen and oxygen atoms in total. The first-order chi connectivity index (χ1) is 7.82. The number of unbranched alkanes of at least 4 members (excludes halogenated alkanes) is 1. The second kappa shape index (κ2) is 7.70. The van der Waals surface area contributed by atoms with Crippen LogP contribution in [-0.4, -0.2) is 34.1 Å². The molecule has 102 valence electrons. The van der Waals surface area contributed by atoms with Gasteiger partial charge in [-0.05, 0) is 33.6 Å². The van der Waals surface area contributed by atoms with E-state index in [4.69, 9.17) is 5.11 Å². The second-order valence-electron chi connectivity index (χ2n) is 5.71. The van der Waals surface area contributed by atoms with Crippen molar-refractivity contribution in [3.05, 3.63) is 0 Å². The molecule has 0 amide bonds. The number of nitrogens with zero attached hydrogens (tertiary/aromatic N) is 1. The predicted octanol–water partition coefficient (Wildman–Crippen LogP) is 3.53. The first-order valence-electron chi connectivity index (χ1n) is 6.81. The molecular formula is C14H29NO2. The van der Waals surface area contributed by atoms with E-state index in [1.54, 1.807) is 0 Å². The van der Waals surface area contributed by atoms with Gasteiger partial charge in [-0.1, -0.05) is 26.7 Å². The van der Waals surface area contributed by atoms with Gasteiger partial charge in [0.25, 0.3) is 0 Å². The van der Waals surface area contributed by atoms with Crippen molar-refractivity contribution in [1.82, 2.24) is 4.90 Å². The molecule has 0 aromatic rings. The summed E-state index contributed by atoms with van der Waals surface area (Å²) in [5, 5.41) is 8.83. The highest BCUT2D eigenvalue weighted by atomic mass is 16.4. The van der Waals surface area contributed by atoms with Gasteiger partial charge in [-0.25, -0.2) is 0 Å². The molecule has 0 aliphatic carbocycles. The normalized spacial score (nSPS) is 14.0. The third kappa shape index (κ3) is 6.67. The third-order valence-corrected chi connectivity index (χ3v) is 3.23. The van der Waals surface area contributed by atoms with Crippen molar-refractivity contribution < 1.29 is 9.90 Å².